The SMILES string of the molecule is COc1c(O)cc2occ(-c3ccc(OS(=O)(=O)O)cc3)c(=O)c2c1O. The molecule has 0 aliphatic heterocycles. The summed E-state index contributed by atoms with van der Waals surface area (Å²) < 4.78 is 44.5. The molecule has 0 fully saturated rings. The van der Waals surface area contributed by atoms with Crippen LogP contribution in [0.25, 0.3) is 22.1 Å². The molecule has 1 heterocycles. The first-order valence-electron chi connectivity index (χ1n) is 7.03. The summed E-state index contributed by atoms with van der Waals surface area (Å²) in [4.78, 5) is 12.7. The Bertz CT molecular complexity index is 1150. The lowest BCUT2D eigenvalue weighted by Gasteiger charge is -2.09. The molecule has 0 saturated carbocycles. The van der Waals surface area contributed by atoms with Gasteiger partial charge in [0.05, 0.1) is 12.7 Å². The molecule has 0 unspecified atom stereocenters. The number of rotatable bonds is 4. The number of hydrogen-bond acceptors (Lipinski definition) is 8. The van der Waals surface area contributed by atoms with Crippen LogP contribution in [0.3, 0.4) is 0 Å². The van der Waals surface area contributed by atoms with E-state index in [1.165, 1.54) is 31.4 Å². The molecule has 136 valence electrons. The zero-order valence-corrected chi connectivity index (χ0v) is 14.0. The monoisotopic (exact) mass is 380 g/mol. The molecule has 3 rings (SSSR count). The predicted octanol–water partition coefficient (Wildman–Crippen LogP) is 2.06. The summed E-state index contributed by atoms with van der Waals surface area (Å²) in [5, 5.41) is 19.8. The van der Waals surface area contributed by atoms with Gasteiger partial charge in [-0.2, -0.15) is 8.42 Å². The van der Waals surface area contributed by atoms with Crippen LogP contribution in [0.1, 0.15) is 0 Å². The Kier molecular flexibility index (Phi) is 4.22. The molecule has 0 atom stereocenters. The lowest BCUT2D eigenvalue weighted by Crippen LogP contribution is -2.07. The van der Waals surface area contributed by atoms with Crippen LogP contribution < -0.4 is 14.3 Å². The maximum absolute atomic E-state index is 12.7. The van der Waals surface area contributed by atoms with Crippen LogP contribution in [0.15, 0.2) is 45.8 Å². The minimum Gasteiger partial charge on any atom is -0.504 e. The van der Waals surface area contributed by atoms with Gasteiger partial charge in [-0.3, -0.25) is 9.35 Å². The molecule has 3 aromatic rings. The van der Waals surface area contributed by atoms with Crippen molar-refractivity contribution in [2.75, 3.05) is 7.11 Å². The minimum absolute atomic E-state index is 0.0409. The summed E-state index contributed by atoms with van der Waals surface area (Å²) in [6, 6.07) is 6.33. The third kappa shape index (κ3) is 3.15. The fourth-order valence-electron chi connectivity index (χ4n) is 2.45. The van der Waals surface area contributed by atoms with E-state index in [1.807, 2.05) is 0 Å². The molecule has 0 spiro atoms. The van der Waals surface area contributed by atoms with Crippen molar-refractivity contribution in [1.82, 2.24) is 0 Å². The van der Waals surface area contributed by atoms with Gasteiger partial charge in [0.25, 0.3) is 0 Å². The van der Waals surface area contributed by atoms with Gasteiger partial charge >= 0.3 is 10.4 Å². The highest BCUT2D eigenvalue weighted by Gasteiger charge is 2.19. The molecule has 0 radical (unpaired) electrons. The summed E-state index contributed by atoms with van der Waals surface area (Å²) in [7, 11) is -3.44. The lowest BCUT2D eigenvalue weighted by atomic mass is 10.0. The predicted molar refractivity (Wildman–Crippen MR) is 90.0 cm³/mol. The molecule has 10 heteroatoms. The van der Waals surface area contributed by atoms with Crippen LogP contribution in [0.2, 0.25) is 0 Å². The Labute approximate surface area is 146 Å². The van der Waals surface area contributed by atoms with E-state index < -0.39 is 21.6 Å². The van der Waals surface area contributed by atoms with E-state index in [9.17, 15) is 23.4 Å². The zero-order chi connectivity index (χ0) is 19.1. The zero-order valence-electron chi connectivity index (χ0n) is 13.2. The third-order valence-corrected chi connectivity index (χ3v) is 3.95. The van der Waals surface area contributed by atoms with E-state index in [2.05, 4.69) is 4.18 Å². The molecule has 0 saturated heterocycles. The molecule has 0 aliphatic carbocycles. The molecule has 0 amide bonds. The molecule has 0 bridgehead atoms. The highest BCUT2D eigenvalue weighted by atomic mass is 32.3. The van der Waals surface area contributed by atoms with Gasteiger partial charge in [0.2, 0.25) is 11.2 Å². The second-order valence-corrected chi connectivity index (χ2v) is 6.19. The van der Waals surface area contributed by atoms with E-state index in [-0.39, 0.29) is 33.8 Å². The van der Waals surface area contributed by atoms with Gasteiger partial charge < -0.3 is 23.6 Å². The van der Waals surface area contributed by atoms with Crippen molar-refractivity contribution in [3.63, 3.8) is 0 Å². The largest absolute Gasteiger partial charge is 0.504 e. The van der Waals surface area contributed by atoms with Crippen LogP contribution in [0.4, 0.5) is 0 Å². The molecule has 0 aliphatic rings. The van der Waals surface area contributed by atoms with Crippen LogP contribution >= 0.6 is 0 Å². The summed E-state index contributed by atoms with van der Waals surface area (Å²) in [6.07, 6.45) is 1.13. The Hall–Kier alpha value is -3.24. The molecule has 3 N–H and O–H groups in total. The number of aromatic hydroxyl groups is 2. The first-order chi connectivity index (χ1) is 12.2. The van der Waals surface area contributed by atoms with Gasteiger partial charge in [0, 0.05) is 6.07 Å². The average Bonchev–Trinajstić information content (AvgIpc) is 2.55. The lowest BCUT2D eigenvalue weighted by molar-refractivity contribution is 0.346. The van der Waals surface area contributed by atoms with Crippen molar-refractivity contribution in [2.24, 2.45) is 0 Å². The number of fused-ring (bicyclic) bond motifs is 1. The second-order valence-electron chi connectivity index (χ2n) is 5.16. The molecule has 2 aromatic carbocycles. The van der Waals surface area contributed by atoms with Crippen molar-refractivity contribution < 1.29 is 36.5 Å². The summed E-state index contributed by atoms with van der Waals surface area (Å²) in [5.74, 6) is -1.38. The summed E-state index contributed by atoms with van der Waals surface area (Å²) in [6.45, 7) is 0. The van der Waals surface area contributed by atoms with E-state index in [0.29, 0.717) is 5.56 Å². The highest BCUT2D eigenvalue weighted by Crippen LogP contribution is 2.41. The van der Waals surface area contributed by atoms with Gasteiger partial charge in [-0.1, -0.05) is 12.1 Å². The maximum Gasteiger partial charge on any atom is 0.446 e. The third-order valence-electron chi connectivity index (χ3n) is 3.55. The average molecular weight is 380 g/mol. The van der Waals surface area contributed by atoms with Crippen molar-refractivity contribution in [3.05, 3.63) is 46.8 Å². The number of ether oxygens (including phenoxy) is 1. The number of phenolic OH excluding ortho intramolecular Hbond substituents is 2. The van der Waals surface area contributed by atoms with Gasteiger partial charge in [-0.25, -0.2) is 0 Å². The van der Waals surface area contributed by atoms with E-state index in [4.69, 9.17) is 13.7 Å². The Morgan fingerprint density at radius 2 is 1.77 bits per heavy atom. The second kappa shape index (κ2) is 6.24. The highest BCUT2D eigenvalue weighted by molar-refractivity contribution is 7.81. The molecular weight excluding hydrogens is 368 g/mol. The Morgan fingerprint density at radius 1 is 1.12 bits per heavy atom. The molecular formula is C16H12O9S. The number of methoxy groups -OCH3 is 1. The minimum atomic E-state index is -4.66. The van der Waals surface area contributed by atoms with Crippen molar-refractivity contribution >= 4 is 21.4 Å². The summed E-state index contributed by atoms with van der Waals surface area (Å²) >= 11 is 0. The smallest absolute Gasteiger partial charge is 0.446 e. The van der Waals surface area contributed by atoms with Crippen LogP contribution in [-0.2, 0) is 10.4 Å². The first kappa shape index (κ1) is 17.6. The Balaban J connectivity index is 2.14. The maximum atomic E-state index is 12.7. The van der Waals surface area contributed by atoms with Crippen LogP contribution in [0.5, 0.6) is 23.0 Å². The number of hydrogen-bond donors (Lipinski definition) is 3. The van der Waals surface area contributed by atoms with Gasteiger partial charge in [-0.15, -0.1) is 0 Å². The van der Waals surface area contributed by atoms with E-state index in [0.717, 1.165) is 12.3 Å². The van der Waals surface area contributed by atoms with Crippen LogP contribution in [0, 0.1) is 0 Å². The van der Waals surface area contributed by atoms with Crippen molar-refractivity contribution in [3.8, 4) is 34.1 Å². The summed E-state index contributed by atoms with van der Waals surface area (Å²) in [5.41, 5.74) is -0.222. The van der Waals surface area contributed by atoms with Crippen molar-refractivity contribution in [1.29, 1.82) is 0 Å². The standard InChI is InChI=1S/C16H12O9S/c1-23-16-11(17)6-12-13(15(16)19)14(18)10(7-24-12)8-2-4-9(5-3-8)25-26(20,21)22/h2-7,17,19H,1H3,(H,20,21,22). The molecule has 26 heavy (non-hydrogen) atoms. The van der Waals surface area contributed by atoms with Gasteiger partial charge in [0.15, 0.2) is 11.5 Å². The number of benzene rings is 2. The fraction of sp³-hybridized carbons (Fsp3) is 0.0625. The van der Waals surface area contributed by atoms with Crippen LogP contribution in [-0.4, -0.2) is 30.3 Å². The normalized spacial score (nSPS) is 11.5. The Morgan fingerprint density at radius 3 is 2.35 bits per heavy atom. The first-order valence-corrected chi connectivity index (χ1v) is 8.39. The topological polar surface area (TPSA) is 144 Å². The van der Waals surface area contributed by atoms with Gasteiger partial charge in [-0.05, 0) is 17.7 Å². The van der Waals surface area contributed by atoms with Gasteiger partial charge in [0.1, 0.15) is 23.0 Å². The number of phenols is 2. The fourth-order valence-corrected chi connectivity index (χ4v) is 2.80. The quantitative estimate of drug-likeness (QED) is 0.579. The van der Waals surface area contributed by atoms with Crippen molar-refractivity contribution in [2.45, 2.75) is 0 Å². The van der Waals surface area contributed by atoms with E-state index in [1.54, 1.807) is 0 Å². The van der Waals surface area contributed by atoms with E-state index >= 15 is 0 Å². The molecule has 1 aromatic heterocycles. The molecule has 9 nitrogen and oxygen atoms in total.